The molecule has 0 aromatic heterocycles. The second-order valence-corrected chi connectivity index (χ2v) is 3.21. The number of phenolic OH excluding ortho intramolecular Hbond substituents is 1. The Labute approximate surface area is 84.3 Å². The van der Waals surface area contributed by atoms with E-state index in [4.69, 9.17) is 0 Å². The van der Waals surface area contributed by atoms with Gasteiger partial charge < -0.3 is 5.11 Å². The second-order valence-electron chi connectivity index (χ2n) is 3.21. The van der Waals surface area contributed by atoms with Crippen molar-refractivity contribution in [3.05, 3.63) is 28.8 Å². The molecule has 0 aliphatic carbocycles. The average Bonchev–Trinajstić information content (AvgIpc) is 2.06. The maximum absolute atomic E-state index is 12.5. The zero-order chi connectivity index (χ0) is 11.8. The highest BCUT2D eigenvalue weighted by molar-refractivity contribution is 5.98. The zero-order valence-corrected chi connectivity index (χ0v) is 8.14. The molecule has 5 heteroatoms. The molecule has 82 valence electrons. The number of Topliss-reactive ketones (excluding diaryl/α,β-unsaturated/α-hetero) is 1. The van der Waals surface area contributed by atoms with Gasteiger partial charge in [-0.15, -0.1) is 0 Å². The summed E-state index contributed by atoms with van der Waals surface area (Å²) in [5.74, 6) is -1.40. The molecule has 0 fully saturated rings. The van der Waals surface area contributed by atoms with Gasteiger partial charge in [-0.1, -0.05) is 6.07 Å². The van der Waals surface area contributed by atoms with E-state index in [1.165, 1.54) is 6.92 Å². The molecule has 1 aromatic carbocycles. The lowest BCUT2D eigenvalue weighted by atomic mass is 9.99. The number of aryl methyl sites for hydroxylation is 1. The largest absolute Gasteiger partial charge is 0.507 e. The SMILES string of the molecule is CC(=O)c1c(C(F)(F)F)ccc(C)c1O. The van der Waals surface area contributed by atoms with Crippen molar-refractivity contribution in [1.29, 1.82) is 0 Å². The number of rotatable bonds is 1. The molecule has 0 saturated heterocycles. The van der Waals surface area contributed by atoms with Crippen LogP contribution in [0.3, 0.4) is 0 Å². The Balaban J connectivity index is 3.55. The molecule has 0 radical (unpaired) electrons. The summed E-state index contributed by atoms with van der Waals surface area (Å²) in [4.78, 5) is 11.0. The van der Waals surface area contributed by atoms with Gasteiger partial charge in [0.05, 0.1) is 11.1 Å². The number of phenols is 1. The van der Waals surface area contributed by atoms with Gasteiger partial charge in [0.1, 0.15) is 5.75 Å². The van der Waals surface area contributed by atoms with Crippen LogP contribution in [0.5, 0.6) is 5.75 Å². The van der Waals surface area contributed by atoms with Crippen LogP contribution >= 0.6 is 0 Å². The minimum Gasteiger partial charge on any atom is -0.507 e. The number of ketones is 1. The van der Waals surface area contributed by atoms with Gasteiger partial charge in [-0.25, -0.2) is 0 Å². The summed E-state index contributed by atoms with van der Waals surface area (Å²) in [6.07, 6.45) is -4.63. The Morgan fingerprint density at radius 2 is 1.87 bits per heavy atom. The van der Waals surface area contributed by atoms with Crippen molar-refractivity contribution in [2.75, 3.05) is 0 Å². The number of hydrogen-bond donors (Lipinski definition) is 1. The second kappa shape index (κ2) is 3.56. The van der Waals surface area contributed by atoms with Gasteiger partial charge in [0.2, 0.25) is 0 Å². The third-order valence-electron chi connectivity index (χ3n) is 2.04. The molecule has 0 saturated carbocycles. The number of benzene rings is 1. The molecule has 0 aliphatic rings. The number of carbonyl (C=O) groups is 1. The molecule has 0 unspecified atom stereocenters. The van der Waals surface area contributed by atoms with E-state index in [1.54, 1.807) is 0 Å². The molecule has 1 rings (SSSR count). The summed E-state index contributed by atoms with van der Waals surface area (Å²) in [5.41, 5.74) is -1.52. The highest BCUT2D eigenvalue weighted by atomic mass is 19.4. The molecular weight excluding hydrogens is 209 g/mol. The van der Waals surface area contributed by atoms with Crippen LogP contribution in [0.15, 0.2) is 12.1 Å². The summed E-state index contributed by atoms with van der Waals surface area (Å²) < 4.78 is 37.4. The van der Waals surface area contributed by atoms with E-state index in [0.29, 0.717) is 0 Å². The van der Waals surface area contributed by atoms with Crippen LogP contribution in [-0.4, -0.2) is 10.9 Å². The summed E-state index contributed by atoms with van der Waals surface area (Å²) in [6, 6.07) is 1.93. The first-order valence-electron chi connectivity index (χ1n) is 4.16. The van der Waals surface area contributed by atoms with Crippen molar-refractivity contribution in [3.63, 3.8) is 0 Å². The van der Waals surface area contributed by atoms with E-state index in [1.807, 2.05) is 0 Å². The van der Waals surface area contributed by atoms with Crippen molar-refractivity contribution in [3.8, 4) is 5.75 Å². The predicted molar refractivity (Wildman–Crippen MR) is 47.9 cm³/mol. The van der Waals surface area contributed by atoms with Crippen molar-refractivity contribution >= 4 is 5.78 Å². The van der Waals surface area contributed by atoms with Crippen molar-refractivity contribution in [2.45, 2.75) is 20.0 Å². The first kappa shape index (κ1) is 11.6. The third-order valence-corrected chi connectivity index (χ3v) is 2.04. The van der Waals surface area contributed by atoms with Crippen LogP contribution < -0.4 is 0 Å². The highest BCUT2D eigenvalue weighted by Crippen LogP contribution is 2.37. The molecule has 2 nitrogen and oxygen atoms in total. The molecule has 0 aliphatic heterocycles. The number of halogens is 3. The van der Waals surface area contributed by atoms with Crippen LogP contribution in [0.4, 0.5) is 13.2 Å². The Bertz CT molecular complexity index is 408. The van der Waals surface area contributed by atoms with E-state index >= 15 is 0 Å². The van der Waals surface area contributed by atoms with Crippen LogP contribution in [-0.2, 0) is 6.18 Å². The fourth-order valence-corrected chi connectivity index (χ4v) is 1.29. The van der Waals surface area contributed by atoms with Crippen LogP contribution in [0.1, 0.15) is 28.4 Å². The van der Waals surface area contributed by atoms with Crippen molar-refractivity contribution in [1.82, 2.24) is 0 Å². The van der Waals surface area contributed by atoms with Gasteiger partial charge in [0, 0.05) is 0 Å². The number of hydrogen-bond acceptors (Lipinski definition) is 2. The molecule has 0 spiro atoms. The third kappa shape index (κ3) is 2.11. The van der Waals surface area contributed by atoms with Crippen LogP contribution in [0.25, 0.3) is 0 Å². The lowest BCUT2D eigenvalue weighted by molar-refractivity contribution is -0.138. The van der Waals surface area contributed by atoms with Gasteiger partial charge in [0.15, 0.2) is 5.78 Å². The Morgan fingerprint density at radius 3 is 2.27 bits per heavy atom. The minimum atomic E-state index is -4.63. The average molecular weight is 218 g/mol. The quantitative estimate of drug-likeness (QED) is 0.736. The molecule has 0 atom stereocenters. The fourth-order valence-electron chi connectivity index (χ4n) is 1.29. The first-order valence-corrected chi connectivity index (χ1v) is 4.16. The maximum Gasteiger partial charge on any atom is 0.417 e. The lowest BCUT2D eigenvalue weighted by Crippen LogP contribution is -2.12. The normalized spacial score (nSPS) is 11.5. The molecular formula is C10H9F3O2. The monoisotopic (exact) mass is 218 g/mol. The first-order chi connectivity index (χ1) is 6.75. The molecule has 0 bridgehead atoms. The van der Waals surface area contributed by atoms with Gasteiger partial charge in [0.25, 0.3) is 0 Å². The summed E-state index contributed by atoms with van der Waals surface area (Å²) in [5, 5.41) is 9.39. The van der Waals surface area contributed by atoms with E-state index in [-0.39, 0.29) is 5.56 Å². The summed E-state index contributed by atoms with van der Waals surface area (Å²) in [6.45, 7) is 2.42. The van der Waals surface area contributed by atoms with Gasteiger partial charge in [-0.05, 0) is 25.5 Å². The molecule has 1 N–H and O–H groups in total. The van der Waals surface area contributed by atoms with E-state index in [9.17, 15) is 23.1 Å². The van der Waals surface area contributed by atoms with Crippen LogP contribution in [0.2, 0.25) is 0 Å². The molecule has 0 amide bonds. The van der Waals surface area contributed by atoms with Crippen molar-refractivity contribution in [2.24, 2.45) is 0 Å². The van der Waals surface area contributed by atoms with Crippen LogP contribution in [0, 0.1) is 6.92 Å². The zero-order valence-electron chi connectivity index (χ0n) is 8.14. The Morgan fingerprint density at radius 1 is 1.33 bits per heavy atom. The maximum atomic E-state index is 12.5. The lowest BCUT2D eigenvalue weighted by Gasteiger charge is -2.13. The fraction of sp³-hybridized carbons (Fsp3) is 0.300. The van der Waals surface area contributed by atoms with Crippen molar-refractivity contribution < 1.29 is 23.1 Å². The predicted octanol–water partition coefficient (Wildman–Crippen LogP) is 2.92. The summed E-state index contributed by atoms with van der Waals surface area (Å²) >= 11 is 0. The molecule has 0 heterocycles. The van der Waals surface area contributed by atoms with E-state index in [2.05, 4.69) is 0 Å². The molecule has 15 heavy (non-hydrogen) atoms. The Hall–Kier alpha value is -1.52. The standard InChI is InChI=1S/C10H9F3O2/c1-5-3-4-7(10(11,12)13)8(6(2)14)9(5)15/h3-4,15H,1-2H3. The number of carbonyl (C=O) groups excluding carboxylic acids is 1. The van der Waals surface area contributed by atoms with E-state index < -0.39 is 28.8 Å². The summed E-state index contributed by atoms with van der Waals surface area (Å²) in [7, 11) is 0. The van der Waals surface area contributed by atoms with E-state index in [0.717, 1.165) is 19.1 Å². The Kier molecular flexibility index (Phi) is 2.75. The number of alkyl halides is 3. The highest BCUT2D eigenvalue weighted by Gasteiger charge is 2.36. The minimum absolute atomic E-state index is 0.244. The number of aromatic hydroxyl groups is 1. The van der Waals surface area contributed by atoms with Gasteiger partial charge in [-0.3, -0.25) is 4.79 Å². The smallest absolute Gasteiger partial charge is 0.417 e. The molecule has 1 aromatic rings. The van der Waals surface area contributed by atoms with Gasteiger partial charge in [-0.2, -0.15) is 13.2 Å². The topological polar surface area (TPSA) is 37.3 Å². The van der Waals surface area contributed by atoms with Gasteiger partial charge >= 0.3 is 6.18 Å².